The Labute approximate surface area is 117 Å². The Kier molecular flexibility index (Phi) is 4.31. The van der Waals surface area contributed by atoms with Crippen LogP contribution in [0.3, 0.4) is 0 Å². The van der Waals surface area contributed by atoms with E-state index in [0.717, 1.165) is 31.2 Å². The van der Waals surface area contributed by atoms with Crippen LogP contribution in [0.2, 0.25) is 10.0 Å². The van der Waals surface area contributed by atoms with Gasteiger partial charge in [-0.25, -0.2) is 0 Å². The largest absolute Gasteiger partial charge is 0.319 e. The third-order valence-corrected chi connectivity index (χ3v) is 4.54. The summed E-state index contributed by atoms with van der Waals surface area (Å²) in [4.78, 5) is 12.3. The van der Waals surface area contributed by atoms with Gasteiger partial charge in [-0.2, -0.15) is 0 Å². The summed E-state index contributed by atoms with van der Waals surface area (Å²) in [6, 6.07) is 5.36. The van der Waals surface area contributed by atoms with Crippen LogP contribution in [0.4, 0.5) is 0 Å². The molecular weight excluding hydrogens is 269 g/mol. The molecule has 0 unspecified atom stereocenters. The summed E-state index contributed by atoms with van der Waals surface area (Å²) in [6.45, 7) is 0. The van der Waals surface area contributed by atoms with Crippen molar-refractivity contribution < 1.29 is 4.79 Å². The molecule has 1 saturated carbocycles. The normalized spacial score (nSPS) is 18.6. The molecule has 0 saturated heterocycles. The molecule has 1 aromatic carbocycles. The van der Waals surface area contributed by atoms with Crippen LogP contribution in [0.25, 0.3) is 0 Å². The Balaban J connectivity index is 2.13. The van der Waals surface area contributed by atoms with Gasteiger partial charge in [0.25, 0.3) is 0 Å². The van der Waals surface area contributed by atoms with Crippen LogP contribution in [0.15, 0.2) is 18.2 Å². The fourth-order valence-corrected chi connectivity index (χ4v) is 2.88. The summed E-state index contributed by atoms with van der Waals surface area (Å²) >= 11 is 12.0. The third-order valence-electron chi connectivity index (χ3n) is 3.68. The zero-order valence-corrected chi connectivity index (χ0v) is 11.7. The monoisotopic (exact) mass is 285 g/mol. The maximum absolute atomic E-state index is 12.3. The van der Waals surface area contributed by atoms with Crippen molar-refractivity contribution >= 4 is 29.0 Å². The Morgan fingerprint density at radius 3 is 2.56 bits per heavy atom. The highest BCUT2D eigenvalue weighted by Crippen LogP contribution is 2.30. The van der Waals surface area contributed by atoms with E-state index < -0.39 is 5.54 Å². The molecule has 1 fully saturated rings. The molecule has 2 N–H and O–H groups in total. The minimum atomic E-state index is -0.663. The van der Waals surface area contributed by atoms with E-state index in [1.54, 1.807) is 12.1 Å². The number of carbonyl (C=O) groups is 1. The van der Waals surface area contributed by atoms with Crippen molar-refractivity contribution in [3.8, 4) is 0 Å². The molecular formula is C14H17Cl2NO. The number of Topliss-reactive ketones (excluding diaryl/α,β-unsaturated/α-hetero) is 1. The van der Waals surface area contributed by atoms with Crippen molar-refractivity contribution in [2.45, 2.75) is 44.1 Å². The molecule has 0 amide bonds. The predicted molar refractivity (Wildman–Crippen MR) is 75.2 cm³/mol. The molecule has 0 aliphatic heterocycles. The molecule has 0 heterocycles. The first-order valence-corrected chi connectivity index (χ1v) is 7.03. The summed E-state index contributed by atoms with van der Waals surface area (Å²) in [6.07, 6.45) is 5.07. The van der Waals surface area contributed by atoms with Crippen LogP contribution < -0.4 is 5.73 Å². The number of hydrogen-bond donors (Lipinski definition) is 1. The van der Waals surface area contributed by atoms with Crippen molar-refractivity contribution in [1.29, 1.82) is 0 Å². The van der Waals surface area contributed by atoms with Crippen molar-refractivity contribution in [2.24, 2.45) is 5.73 Å². The minimum Gasteiger partial charge on any atom is -0.319 e. The Morgan fingerprint density at radius 2 is 1.89 bits per heavy atom. The lowest BCUT2D eigenvalue weighted by Gasteiger charge is -2.32. The number of carbonyl (C=O) groups excluding carboxylic acids is 1. The van der Waals surface area contributed by atoms with E-state index in [1.165, 1.54) is 6.42 Å². The van der Waals surface area contributed by atoms with Gasteiger partial charge < -0.3 is 5.73 Å². The lowest BCUT2D eigenvalue weighted by molar-refractivity contribution is -0.124. The first-order chi connectivity index (χ1) is 8.53. The maximum Gasteiger partial charge on any atom is 0.157 e. The van der Waals surface area contributed by atoms with E-state index in [9.17, 15) is 4.79 Å². The van der Waals surface area contributed by atoms with E-state index in [2.05, 4.69) is 0 Å². The van der Waals surface area contributed by atoms with Crippen LogP contribution in [-0.4, -0.2) is 11.3 Å². The Bertz CT molecular complexity index is 453. The van der Waals surface area contributed by atoms with Gasteiger partial charge in [-0.3, -0.25) is 4.79 Å². The van der Waals surface area contributed by atoms with E-state index in [-0.39, 0.29) is 12.2 Å². The molecule has 4 heteroatoms. The molecule has 98 valence electrons. The highest BCUT2D eigenvalue weighted by Gasteiger charge is 2.34. The van der Waals surface area contributed by atoms with Crippen LogP contribution in [0, 0.1) is 0 Å². The molecule has 1 aliphatic rings. The topological polar surface area (TPSA) is 43.1 Å². The van der Waals surface area contributed by atoms with Gasteiger partial charge in [0.1, 0.15) is 0 Å². The van der Waals surface area contributed by atoms with Gasteiger partial charge in [-0.05, 0) is 24.5 Å². The zero-order valence-electron chi connectivity index (χ0n) is 10.2. The minimum absolute atomic E-state index is 0.0753. The molecule has 0 aromatic heterocycles. The van der Waals surface area contributed by atoms with Gasteiger partial charge >= 0.3 is 0 Å². The second-order valence-corrected chi connectivity index (χ2v) is 5.81. The molecule has 0 spiro atoms. The van der Waals surface area contributed by atoms with Crippen molar-refractivity contribution in [2.75, 3.05) is 0 Å². The molecule has 18 heavy (non-hydrogen) atoms. The molecule has 2 nitrogen and oxygen atoms in total. The van der Waals surface area contributed by atoms with Crippen LogP contribution in [0.1, 0.15) is 37.7 Å². The Morgan fingerprint density at radius 1 is 1.22 bits per heavy atom. The summed E-state index contributed by atoms with van der Waals surface area (Å²) < 4.78 is 0. The fraction of sp³-hybridized carbons (Fsp3) is 0.500. The number of hydrogen-bond acceptors (Lipinski definition) is 2. The highest BCUT2D eigenvalue weighted by atomic mass is 35.5. The lowest BCUT2D eigenvalue weighted by Crippen LogP contribution is -2.50. The Hall–Kier alpha value is -0.570. The van der Waals surface area contributed by atoms with Crippen LogP contribution >= 0.6 is 23.2 Å². The van der Waals surface area contributed by atoms with Gasteiger partial charge in [0.2, 0.25) is 0 Å². The molecule has 0 atom stereocenters. The predicted octanol–water partition coefficient (Wildman–Crippen LogP) is 3.77. The number of benzene rings is 1. The van der Waals surface area contributed by atoms with Crippen LogP contribution in [-0.2, 0) is 11.2 Å². The van der Waals surface area contributed by atoms with Gasteiger partial charge in [0, 0.05) is 6.42 Å². The first kappa shape index (κ1) is 13.9. The number of nitrogens with two attached hydrogens (primary N) is 1. The highest BCUT2D eigenvalue weighted by molar-refractivity contribution is 6.42. The quantitative estimate of drug-likeness (QED) is 0.919. The summed E-state index contributed by atoms with van der Waals surface area (Å²) in [5, 5.41) is 0.948. The third kappa shape index (κ3) is 2.87. The standard InChI is InChI=1S/C14H17Cl2NO/c15-11-6-4-5-10(13(11)16)9-12(18)14(17)7-2-1-3-8-14/h4-6H,1-3,7-9,17H2. The first-order valence-electron chi connectivity index (χ1n) is 6.28. The van der Waals surface area contributed by atoms with Gasteiger partial charge in [0.05, 0.1) is 15.6 Å². The van der Waals surface area contributed by atoms with Crippen molar-refractivity contribution in [3.05, 3.63) is 33.8 Å². The molecule has 1 aliphatic carbocycles. The molecule has 0 radical (unpaired) electrons. The van der Waals surface area contributed by atoms with Gasteiger partial charge in [-0.15, -0.1) is 0 Å². The summed E-state index contributed by atoms with van der Waals surface area (Å²) in [5.74, 6) is 0.0753. The second-order valence-electron chi connectivity index (χ2n) is 5.03. The van der Waals surface area contributed by atoms with Gasteiger partial charge in [-0.1, -0.05) is 54.6 Å². The number of ketones is 1. The van der Waals surface area contributed by atoms with Crippen molar-refractivity contribution in [1.82, 2.24) is 0 Å². The average Bonchev–Trinajstić information content (AvgIpc) is 2.36. The second kappa shape index (κ2) is 5.60. The van der Waals surface area contributed by atoms with Gasteiger partial charge in [0.15, 0.2) is 5.78 Å². The van der Waals surface area contributed by atoms with Crippen molar-refractivity contribution in [3.63, 3.8) is 0 Å². The molecule has 1 aromatic rings. The smallest absolute Gasteiger partial charge is 0.157 e. The molecule has 2 rings (SSSR count). The van der Waals surface area contributed by atoms with E-state index in [0.29, 0.717) is 10.0 Å². The molecule has 0 bridgehead atoms. The van der Waals surface area contributed by atoms with E-state index in [1.807, 2.05) is 6.07 Å². The zero-order chi connectivity index (χ0) is 13.2. The lowest BCUT2D eigenvalue weighted by atomic mass is 9.78. The SMILES string of the molecule is NC1(C(=O)Cc2cccc(Cl)c2Cl)CCCCC1. The maximum atomic E-state index is 12.3. The average molecular weight is 286 g/mol. The van der Waals surface area contributed by atoms with E-state index in [4.69, 9.17) is 28.9 Å². The number of halogens is 2. The van der Waals surface area contributed by atoms with Crippen LogP contribution in [0.5, 0.6) is 0 Å². The summed E-state index contributed by atoms with van der Waals surface area (Å²) in [7, 11) is 0. The summed E-state index contributed by atoms with van der Waals surface area (Å²) in [5.41, 5.74) is 6.32. The van der Waals surface area contributed by atoms with E-state index >= 15 is 0 Å². The fourth-order valence-electron chi connectivity index (χ4n) is 2.50. The number of rotatable bonds is 3.